The Hall–Kier alpha value is -2.13. The fourth-order valence-corrected chi connectivity index (χ4v) is 3.83. The van der Waals surface area contributed by atoms with Crippen molar-refractivity contribution in [3.05, 3.63) is 46.1 Å². The maximum absolute atomic E-state index is 13.3. The number of thioether (sulfide) groups is 1. The maximum Gasteiger partial charge on any atom is 0.269 e. The minimum Gasteiger partial charge on any atom is -0.348 e. The molecule has 138 valence electrons. The number of carbonyl (C=O) groups excluding carboxylic acids is 2. The summed E-state index contributed by atoms with van der Waals surface area (Å²) in [6.07, 6.45) is 1.81. The maximum atomic E-state index is 13.3. The summed E-state index contributed by atoms with van der Waals surface area (Å²) >= 11 is 7.62. The quantitative estimate of drug-likeness (QED) is 0.688. The molecule has 0 unspecified atom stereocenters. The Labute approximate surface area is 157 Å². The van der Waals surface area contributed by atoms with Gasteiger partial charge in [-0.1, -0.05) is 11.6 Å². The second-order valence-electron chi connectivity index (χ2n) is 5.73. The lowest BCUT2D eigenvalue weighted by molar-refractivity contribution is 0.0929. The molecule has 3 rings (SSSR count). The first-order valence-electron chi connectivity index (χ1n) is 7.84. The molecule has 2 heterocycles. The van der Waals surface area contributed by atoms with E-state index in [2.05, 4.69) is 20.8 Å². The highest BCUT2D eigenvalue weighted by atomic mass is 35.5. The van der Waals surface area contributed by atoms with Gasteiger partial charge in [-0.15, -0.1) is 0 Å². The Kier molecular flexibility index (Phi) is 5.77. The van der Waals surface area contributed by atoms with Crippen LogP contribution < -0.4 is 10.6 Å². The Balaban J connectivity index is 1.65. The van der Waals surface area contributed by atoms with E-state index in [1.165, 1.54) is 6.07 Å². The van der Waals surface area contributed by atoms with E-state index in [9.17, 15) is 18.4 Å². The summed E-state index contributed by atoms with van der Waals surface area (Å²) in [6, 6.07) is 2.90. The molecule has 1 aromatic carbocycles. The molecule has 0 aliphatic carbocycles. The van der Waals surface area contributed by atoms with Crippen LogP contribution in [0.1, 0.15) is 33.7 Å². The number of benzene rings is 1. The first kappa shape index (κ1) is 18.7. The van der Waals surface area contributed by atoms with Crippen LogP contribution in [0.5, 0.6) is 0 Å². The third kappa shape index (κ3) is 4.34. The molecule has 10 heteroatoms. The molecule has 26 heavy (non-hydrogen) atoms. The number of halogens is 3. The van der Waals surface area contributed by atoms with Crippen LogP contribution in [0.4, 0.5) is 14.6 Å². The first-order valence-corrected chi connectivity index (χ1v) is 9.37. The van der Waals surface area contributed by atoms with Gasteiger partial charge >= 0.3 is 0 Å². The van der Waals surface area contributed by atoms with Crippen molar-refractivity contribution in [2.75, 3.05) is 16.8 Å². The molecule has 3 N–H and O–H groups in total. The van der Waals surface area contributed by atoms with Gasteiger partial charge in [0.25, 0.3) is 11.8 Å². The molecule has 2 aromatic rings. The van der Waals surface area contributed by atoms with Gasteiger partial charge in [0.05, 0.1) is 10.6 Å². The minimum absolute atomic E-state index is 0.0696. The number of hydrogen-bond donors (Lipinski definition) is 3. The van der Waals surface area contributed by atoms with Gasteiger partial charge < -0.3 is 10.6 Å². The van der Waals surface area contributed by atoms with Crippen LogP contribution in [0, 0.1) is 11.6 Å². The van der Waals surface area contributed by atoms with Gasteiger partial charge in [0, 0.05) is 12.1 Å². The van der Waals surface area contributed by atoms with Gasteiger partial charge in [-0.3, -0.25) is 14.7 Å². The van der Waals surface area contributed by atoms with Gasteiger partial charge in [-0.25, -0.2) is 8.78 Å². The van der Waals surface area contributed by atoms with E-state index in [0.29, 0.717) is 6.07 Å². The zero-order valence-corrected chi connectivity index (χ0v) is 15.0. The molecule has 1 fully saturated rings. The predicted octanol–water partition coefficient (Wildman–Crippen LogP) is 3.22. The molecular weight excluding hydrogens is 386 g/mol. The molecule has 2 amide bonds. The summed E-state index contributed by atoms with van der Waals surface area (Å²) in [5.41, 5.74) is -0.0471. The van der Waals surface area contributed by atoms with E-state index in [-0.39, 0.29) is 34.0 Å². The van der Waals surface area contributed by atoms with E-state index in [4.69, 9.17) is 11.6 Å². The topological polar surface area (TPSA) is 86.9 Å². The standard InChI is InChI=1S/C16H15ClF2N4O2S/c17-10-6-12(19)11(18)5-9(10)15(24)21-14-7-13(22-23-14)16(25)20-8-1-3-26-4-2-8/h5-8H,1-4H2,(H,20,25)(H2,21,22,23,24). The predicted molar refractivity (Wildman–Crippen MR) is 95.7 cm³/mol. The zero-order chi connectivity index (χ0) is 18.7. The fraction of sp³-hybridized carbons (Fsp3) is 0.312. The van der Waals surface area contributed by atoms with Crippen molar-refractivity contribution < 1.29 is 18.4 Å². The summed E-state index contributed by atoms with van der Waals surface area (Å²) in [4.78, 5) is 24.4. The highest BCUT2D eigenvalue weighted by Gasteiger charge is 2.20. The van der Waals surface area contributed by atoms with Crippen molar-refractivity contribution in [1.82, 2.24) is 15.5 Å². The molecule has 6 nitrogen and oxygen atoms in total. The Morgan fingerprint density at radius 2 is 1.85 bits per heavy atom. The van der Waals surface area contributed by atoms with E-state index < -0.39 is 17.5 Å². The highest BCUT2D eigenvalue weighted by Crippen LogP contribution is 2.21. The van der Waals surface area contributed by atoms with Crippen molar-refractivity contribution in [3.63, 3.8) is 0 Å². The zero-order valence-electron chi connectivity index (χ0n) is 13.4. The molecule has 0 saturated carbocycles. The van der Waals surface area contributed by atoms with Crippen LogP contribution in [0.15, 0.2) is 18.2 Å². The van der Waals surface area contributed by atoms with Crippen molar-refractivity contribution in [1.29, 1.82) is 0 Å². The number of nitrogens with one attached hydrogen (secondary N) is 3. The lowest BCUT2D eigenvalue weighted by Crippen LogP contribution is -2.37. The van der Waals surface area contributed by atoms with Crippen molar-refractivity contribution >= 4 is 41.0 Å². The Bertz CT molecular complexity index is 840. The first-order chi connectivity index (χ1) is 12.4. The SMILES string of the molecule is O=C(NC1CCSCC1)c1cc(NC(=O)c2cc(F)c(F)cc2Cl)n[nH]1. The molecule has 1 aliphatic rings. The van der Waals surface area contributed by atoms with Crippen LogP contribution in [-0.2, 0) is 0 Å². The van der Waals surface area contributed by atoms with E-state index in [1.807, 2.05) is 11.8 Å². The van der Waals surface area contributed by atoms with Gasteiger partial charge in [-0.2, -0.15) is 16.9 Å². The Morgan fingerprint density at radius 3 is 2.58 bits per heavy atom. The van der Waals surface area contributed by atoms with Gasteiger partial charge in [0.1, 0.15) is 5.69 Å². The van der Waals surface area contributed by atoms with Crippen molar-refractivity contribution in [2.24, 2.45) is 0 Å². The number of amides is 2. The van der Waals surface area contributed by atoms with Gasteiger partial charge in [0.2, 0.25) is 0 Å². The molecule has 0 bridgehead atoms. The molecule has 1 aliphatic heterocycles. The van der Waals surface area contributed by atoms with Crippen LogP contribution in [0.25, 0.3) is 0 Å². The van der Waals surface area contributed by atoms with Crippen LogP contribution >= 0.6 is 23.4 Å². The highest BCUT2D eigenvalue weighted by molar-refractivity contribution is 7.99. The third-order valence-electron chi connectivity index (χ3n) is 3.88. The fourth-order valence-electron chi connectivity index (χ4n) is 2.49. The normalized spacial score (nSPS) is 14.9. The van der Waals surface area contributed by atoms with E-state index in [1.54, 1.807) is 0 Å². The third-order valence-corrected chi connectivity index (χ3v) is 5.24. The van der Waals surface area contributed by atoms with Crippen LogP contribution in [0.3, 0.4) is 0 Å². The number of aromatic nitrogens is 2. The monoisotopic (exact) mass is 400 g/mol. The number of H-pyrrole nitrogens is 1. The second-order valence-corrected chi connectivity index (χ2v) is 7.36. The molecular formula is C16H15ClF2N4O2S. The van der Waals surface area contributed by atoms with Crippen LogP contribution in [0.2, 0.25) is 5.02 Å². The van der Waals surface area contributed by atoms with Crippen molar-refractivity contribution in [2.45, 2.75) is 18.9 Å². The summed E-state index contributed by atoms with van der Waals surface area (Å²) in [5, 5.41) is 11.4. The average molecular weight is 401 g/mol. The molecule has 1 saturated heterocycles. The number of nitrogens with zero attached hydrogens (tertiary/aromatic N) is 1. The number of rotatable bonds is 4. The molecule has 0 spiro atoms. The summed E-state index contributed by atoms with van der Waals surface area (Å²) < 4.78 is 26.4. The number of anilines is 1. The summed E-state index contributed by atoms with van der Waals surface area (Å²) in [7, 11) is 0. The smallest absolute Gasteiger partial charge is 0.269 e. The second kappa shape index (κ2) is 8.05. The molecule has 0 atom stereocenters. The van der Waals surface area contributed by atoms with Crippen LogP contribution in [-0.4, -0.2) is 39.6 Å². The van der Waals surface area contributed by atoms with E-state index in [0.717, 1.165) is 30.4 Å². The Morgan fingerprint density at radius 1 is 1.15 bits per heavy atom. The summed E-state index contributed by atoms with van der Waals surface area (Å²) in [5.74, 6) is -1.34. The molecule has 1 aromatic heterocycles. The van der Waals surface area contributed by atoms with Crippen molar-refractivity contribution in [3.8, 4) is 0 Å². The minimum atomic E-state index is -1.19. The van der Waals surface area contributed by atoms with Gasteiger partial charge in [-0.05, 0) is 36.5 Å². The number of hydrogen-bond acceptors (Lipinski definition) is 4. The average Bonchev–Trinajstić information content (AvgIpc) is 3.07. The lowest BCUT2D eigenvalue weighted by atomic mass is 10.1. The number of aromatic amines is 1. The summed E-state index contributed by atoms with van der Waals surface area (Å²) in [6.45, 7) is 0. The lowest BCUT2D eigenvalue weighted by Gasteiger charge is -2.21. The number of carbonyl (C=O) groups is 2. The molecule has 0 radical (unpaired) electrons. The largest absolute Gasteiger partial charge is 0.348 e. The van der Waals surface area contributed by atoms with E-state index >= 15 is 0 Å². The van der Waals surface area contributed by atoms with Gasteiger partial charge in [0.15, 0.2) is 17.5 Å².